The molecule has 1 aromatic rings. The van der Waals surface area contributed by atoms with Gasteiger partial charge in [0.15, 0.2) is 0 Å². The topological polar surface area (TPSA) is 90.9 Å². The summed E-state index contributed by atoms with van der Waals surface area (Å²) >= 11 is 0. The summed E-state index contributed by atoms with van der Waals surface area (Å²) in [5.41, 5.74) is 3.73. The number of carbonyl (C=O) groups is 3. The first kappa shape index (κ1) is 30.9. The Balaban J connectivity index is 2.40. The molecule has 208 valence electrons. The molecule has 0 atom stereocenters. The molecule has 0 saturated carbocycles. The SMILES string of the molecule is CCCCCCCCOC(=O)C(C)=Cc1ccccc1C1C(C(=O)OCC)=C(C)NC(C)=C1C(=O)OCC. The van der Waals surface area contributed by atoms with E-state index >= 15 is 0 Å². The van der Waals surface area contributed by atoms with Crippen molar-refractivity contribution in [3.8, 4) is 0 Å². The van der Waals surface area contributed by atoms with Gasteiger partial charge in [-0.25, -0.2) is 14.4 Å². The summed E-state index contributed by atoms with van der Waals surface area (Å²) in [7, 11) is 0. The van der Waals surface area contributed by atoms with Crippen LogP contribution in [0.3, 0.4) is 0 Å². The lowest BCUT2D eigenvalue weighted by molar-refractivity contribution is -0.140. The van der Waals surface area contributed by atoms with Crippen LogP contribution in [0.15, 0.2) is 52.4 Å². The quantitative estimate of drug-likeness (QED) is 0.131. The fourth-order valence-electron chi connectivity index (χ4n) is 4.62. The molecule has 38 heavy (non-hydrogen) atoms. The average Bonchev–Trinajstić information content (AvgIpc) is 2.88. The molecule has 0 unspecified atom stereocenters. The lowest BCUT2D eigenvalue weighted by Crippen LogP contribution is -2.32. The van der Waals surface area contributed by atoms with Crippen LogP contribution in [0.2, 0.25) is 0 Å². The summed E-state index contributed by atoms with van der Waals surface area (Å²) in [6.07, 6.45) is 8.42. The number of nitrogens with one attached hydrogen (secondary N) is 1. The number of unbranched alkanes of at least 4 members (excludes halogenated alkanes) is 5. The summed E-state index contributed by atoms with van der Waals surface area (Å²) in [5.74, 6) is -2.13. The molecule has 1 aliphatic rings. The Morgan fingerprint density at radius 1 is 0.816 bits per heavy atom. The predicted octanol–water partition coefficient (Wildman–Crippen LogP) is 6.35. The average molecular weight is 526 g/mol. The second-order valence-electron chi connectivity index (χ2n) is 9.44. The second kappa shape index (κ2) is 15.8. The van der Waals surface area contributed by atoms with E-state index < -0.39 is 17.9 Å². The van der Waals surface area contributed by atoms with Gasteiger partial charge in [0.2, 0.25) is 0 Å². The zero-order valence-corrected chi connectivity index (χ0v) is 23.8. The molecule has 1 aromatic carbocycles. The number of benzene rings is 1. The van der Waals surface area contributed by atoms with Crippen LogP contribution in [0.5, 0.6) is 0 Å². The molecular formula is C31H43NO6. The Bertz CT molecular complexity index is 1040. The molecule has 1 aliphatic heterocycles. The van der Waals surface area contributed by atoms with E-state index in [0.29, 0.717) is 45.8 Å². The lowest BCUT2D eigenvalue weighted by atomic mass is 9.78. The lowest BCUT2D eigenvalue weighted by Gasteiger charge is -2.31. The summed E-state index contributed by atoms with van der Waals surface area (Å²) in [5, 5.41) is 3.15. The number of carbonyl (C=O) groups excluding carboxylic acids is 3. The van der Waals surface area contributed by atoms with Gasteiger partial charge in [-0.3, -0.25) is 0 Å². The van der Waals surface area contributed by atoms with Crippen molar-refractivity contribution < 1.29 is 28.6 Å². The van der Waals surface area contributed by atoms with Crippen molar-refractivity contribution >= 4 is 24.0 Å². The maximum absolute atomic E-state index is 13.1. The number of esters is 3. The van der Waals surface area contributed by atoms with E-state index in [2.05, 4.69) is 12.2 Å². The highest BCUT2D eigenvalue weighted by molar-refractivity contribution is 6.00. The fourth-order valence-corrected chi connectivity index (χ4v) is 4.62. The van der Waals surface area contributed by atoms with Crippen molar-refractivity contribution in [2.45, 2.75) is 86.0 Å². The smallest absolute Gasteiger partial charge is 0.336 e. The summed E-state index contributed by atoms with van der Waals surface area (Å²) in [6.45, 7) is 11.7. The first-order valence-corrected chi connectivity index (χ1v) is 13.7. The molecule has 0 bridgehead atoms. The molecule has 0 aliphatic carbocycles. The highest BCUT2D eigenvalue weighted by atomic mass is 16.5. The minimum Gasteiger partial charge on any atom is -0.463 e. The summed E-state index contributed by atoms with van der Waals surface area (Å²) in [6, 6.07) is 7.41. The largest absolute Gasteiger partial charge is 0.463 e. The van der Waals surface area contributed by atoms with Crippen molar-refractivity contribution in [3.05, 3.63) is 63.5 Å². The predicted molar refractivity (Wildman–Crippen MR) is 149 cm³/mol. The van der Waals surface area contributed by atoms with Crippen LogP contribution in [-0.4, -0.2) is 37.7 Å². The van der Waals surface area contributed by atoms with Gasteiger partial charge >= 0.3 is 17.9 Å². The zero-order valence-electron chi connectivity index (χ0n) is 23.8. The van der Waals surface area contributed by atoms with Gasteiger partial charge in [0.05, 0.1) is 36.9 Å². The molecule has 1 N–H and O–H groups in total. The van der Waals surface area contributed by atoms with Gasteiger partial charge in [-0.2, -0.15) is 0 Å². The normalized spacial score (nSPS) is 14.3. The monoisotopic (exact) mass is 525 g/mol. The molecule has 0 radical (unpaired) electrons. The van der Waals surface area contributed by atoms with Gasteiger partial charge in [0, 0.05) is 17.0 Å². The van der Waals surface area contributed by atoms with Crippen molar-refractivity contribution in [1.29, 1.82) is 0 Å². The molecule has 2 rings (SSSR count). The number of rotatable bonds is 14. The summed E-state index contributed by atoms with van der Waals surface area (Å²) in [4.78, 5) is 38.9. The first-order valence-electron chi connectivity index (χ1n) is 13.7. The molecule has 0 aromatic heterocycles. The van der Waals surface area contributed by atoms with E-state index in [1.54, 1.807) is 40.7 Å². The van der Waals surface area contributed by atoms with Gasteiger partial charge in [0.25, 0.3) is 0 Å². The minimum absolute atomic E-state index is 0.199. The van der Waals surface area contributed by atoms with Crippen LogP contribution >= 0.6 is 0 Å². The Labute approximate surface area is 227 Å². The van der Waals surface area contributed by atoms with Gasteiger partial charge in [-0.1, -0.05) is 63.3 Å². The van der Waals surface area contributed by atoms with E-state index in [-0.39, 0.29) is 19.2 Å². The van der Waals surface area contributed by atoms with Gasteiger partial charge < -0.3 is 19.5 Å². The molecule has 0 amide bonds. The Hall–Kier alpha value is -3.35. The third-order valence-electron chi connectivity index (χ3n) is 6.48. The van der Waals surface area contributed by atoms with E-state index in [1.165, 1.54) is 19.3 Å². The van der Waals surface area contributed by atoms with Crippen molar-refractivity contribution in [1.82, 2.24) is 5.32 Å². The Morgan fingerprint density at radius 2 is 1.37 bits per heavy atom. The van der Waals surface area contributed by atoms with E-state index in [9.17, 15) is 14.4 Å². The maximum atomic E-state index is 13.1. The molecule has 1 heterocycles. The van der Waals surface area contributed by atoms with E-state index in [1.807, 2.05) is 24.3 Å². The van der Waals surface area contributed by atoms with Crippen molar-refractivity contribution in [2.75, 3.05) is 19.8 Å². The Kier molecular flexibility index (Phi) is 12.8. The van der Waals surface area contributed by atoms with Crippen LogP contribution in [0.4, 0.5) is 0 Å². The molecular weight excluding hydrogens is 482 g/mol. The molecule has 0 spiro atoms. The van der Waals surface area contributed by atoms with Gasteiger partial charge in [-0.05, 0) is 58.2 Å². The highest BCUT2D eigenvalue weighted by Gasteiger charge is 2.38. The number of ether oxygens (including phenoxy) is 3. The van der Waals surface area contributed by atoms with E-state index in [4.69, 9.17) is 14.2 Å². The van der Waals surface area contributed by atoms with Crippen molar-refractivity contribution in [3.63, 3.8) is 0 Å². The highest BCUT2D eigenvalue weighted by Crippen LogP contribution is 2.41. The first-order chi connectivity index (χ1) is 18.3. The number of hydrogen-bond donors (Lipinski definition) is 1. The maximum Gasteiger partial charge on any atom is 0.336 e. The fraction of sp³-hybridized carbons (Fsp3) is 0.516. The third-order valence-corrected chi connectivity index (χ3v) is 6.48. The summed E-state index contributed by atoms with van der Waals surface area (Å²) < 4.78 is 16.2. The Morgan fingerprint density at radius 3 is 1.95 bits per heavy atom. The van der Waals surface area contributed by atoms with Crippen LogP contribution in [0.1, 0.15) is 97.1 Å². The minimum atomic E-state index is -0.728. The standard InChI is InChI=1S/C31H43NO6/c1-7-10-11-12-13-16-19-38-29(33)21(4)20-24-17-14-15-18-25(24)28-26(30(34)36-8-2)22(5)32-23(6)27(28)31(35)37-9-3/h14-15,17-18,20,28,32H,7-13,16,19H2,1-6H3. The van der Waals surface area contributed by atoms with Crippen molar-refractivity contribution in [2.24, 2.45) is 0 Å². The van der Waals surface area contributed by atoms with Crippen LogP contribution in [0.25, 0.3) is 6.08 Å². The van der Waals surface area contributed by atoms with Crippen LogP contribution in [0, 0.1) is 0 Å². The molecule has 7 heteroatoms. The zero-order chi connectivity index (χ0) is 28.1. The molecule has 0 fully saturated rings. The number of dihydropyridines is 1. The molecule has 0 saturated heterocycles. The van der Waals surface area contributed by atoms with E-state index in [0.717, 1.165) is 19.3 Å². The second-order valence-corrected chi connectivity index (χ2v) is 9.44. The number of hydrogen-bond acceptors (Lipinski definition) is 7. The molecule has 7 nitrogen and oxygen atoms in total. The number of allylic oxidation sites excluding steroid dienone is 2. The van der Waals surface area contributed by atoms with Crippen LogP contribution < -0.4 is 5.32 Å². The van der Waals surface area contributed by atoms with Gasteiger partial charge in [0.1, 0.15) is 0 Å². The third kappa shape index (κ3) is 8.33. The van der Waals surface area contributed by atoms with Gasteiger partial charge in [-0.15, -0.1) is 0 Å². The van der Waals surface area contributed by atoms with Crippen LogP contribution in [-0.2, 0) is 28.6 Å².